The third-order valence-electron chi connectivity index (χ3n) is 9.77. The Labute approximate surface area is 263 Å². The SMILES string of the molecule is CN(C)c1c(Cl)cc(C2=NOC3COCC23)cc1C(=O)N[C@H]1[C@@H](C(=O)Nc2ccc(F)c(C(F)F)c2)[C@H]2CC[C@@H]1/C2=C\C1CC1. The number of carbonyl (C=O) groups excluding carboxylic acids is 2. The van der Waals surface area contributed by atoms with Gasteiger partial charge in [0, 0.05) is 37.3 Å². The summed E-state index contributed by atoms with van der Waals surface area (Å²) in [5, 5.41) is 10.6. The van der Waals surface area contributed by atoms with Crippen molar-refractivity contribution in [1.82, 2.24) is 5.32 Å². The lowest BCUT2D eigenvalue weighted by Gasteiger charge is -2.31. The number of nitrogens with one attached hydrogen (secondary N) is 2. The number of oxime groups is 1. The monoisotopic (exact) mass is 642 g/mol. The average molecular weight is 643 g/mol. The molecule has 4 fully saturated rings. The molecule has 2 aromatic rings. The van der Waals surface area contributed by atoms with Crippen LogP contribution < -0.4 is 15.5 Å². The topological polar surface area (TPSA) is 92.3 Å². The zero-order chi connectivity index (χ0) is 31.6. The molecule has 0 spiro atoms. The van der Waals surface area contributed by atoms with E-state index in [9.17, 15) is 22.8 Å². The second-order valence-corrected chi connectivity index (χ2v) is 13.3. The molecule has 3 aliphatic carbocycles. The molecule has 7 rings (SSSR count). The number of halogens is 4. The number of hydrogen-bond acceptors (Lipinski definition) is 6. The number of amides is 2. The van der Waals surface area contributed by atoms with Crippen molar-refractivity contribution in [2.24, 2.45) is 34.7 Å². The first kappa shape index (κ1) is 30.1. The lowest BCUT2D eigenvalue weighted by molar-refractivity contribution is -0.121. The molecule has 2 heterocycles. The van der Waals surface area contributed by atoms with E-state index in [1.807, 2.05) is 0 Å². The molecule has 3 saturated carbocycles. The van der Waals surface area contributed by atoms with Gasteiger partial charge in [-0.3, -0.25) is 9.59 Å². The van der Waals surface area contributed by atoms with Crippen LogP contribution in [0, 0.1) is 35.4 Å². The highest BCUT2D eigenvalue weighted by Gasteiger charge is 2.55. The van der Waals surface area contributed by atoms with E-state index < -0.39 is 35.7 Å². The summed E-state index contributed by atoms with van der Waals surface area (Å²) in [5.41, 5.74) is 2.69. The van der Waals surface area contributed by atoms with E-state index in [4.69, 9.17) is 21.2 Å². The van der Waals surface area contributed by atoms with Gasteiger partial charge in [-0.1, -0.05) is 28.4 Å². The molecule has 2 bridgehead atoms. The summed E-state index contributed by atoms with van der Waals surface area (Å²) in [4.78, 5) is 35.4. The fourth-order valence-electron chi connectivity index (χ4n) is 7.53. The fourth-order valence-corrected chi connectivity index (χ4v) is 7.92. The van der Waals surface area contributed by atoms with Gasteiger partial charge in [-0.05, 0) is 67.9 Å². The minimum atomic E-state index is -3.02. The van der Waals surface area contributed by atoms with Crippen LogP contribution in [-0.2, 0) is 14.4 Å². The van der Waals surface area contributed by atoms with Gasteiger partial charge in [0.05, 0.1) is 52.6 Å². The van der Waals surface area contributed by atoms with Crippen molar-refractivity contribution >= 4 is 40.5 Å². The van der Waals surface area contributed by atoms with E-state index >= 15 is 0 Å². The Kier molecular flexibility index (Phi) is 7.80. The van der Waals surface area contributed by atoms with Gasteiger partial charge in [0.1, 0.15) is 5.82 Å². The van der Waals surface area contributed by atoms with Crippen LogP contribution in [0.25, 0.3) is 0 Å². The Balaban J connectivity index is 1.20. The first-order valence-corrected chi connectivity index (χ1v) is 15.7. The third kappa shape index (κ3) is 5.48. The Morgan fingerprint density at radius 3 is 2.58 bits per heavy atom. The van der Waals surface area contributed by atoms with Crippen molar-refractivity contribution < 1.29 is 32.3 Å². The molecule has 5 aliphatic rings. The summed E-state index contributed by atoms with van der Waals surface area (Å²) in [6.45, 7) is 0.906. The van der Waals surface area contributed by atoms with E-state index in [0.717, 1.165) is 37.8 Å². The minimum absolute atomic E-state index is 0.0365. The van der Waals surface area contributed by atoms with E-state index in [-0.39, 0.29) is 35.5 Å². The third-order valence-corrected chi connectivity index (χ3v) is 10.1. The second-order valence-electron chi connectivity index (χ2n) is 12.9. The molecule has 12 heteroatoms. The number of fused-ring (bicyclic) bond motifs is 3. The summed E-state index contributed by atoms with van der Waals surface area (Å²) in [5.74, 6) is -2.17. The Hall–Kier alpha value is -3.57. The van der Waals surface area contributed by atoms with Gasteiger partial charge < -0.3 is 25.1 Å². The number of ether oxygens (including phenoxy) is 1. The summed E-state index contributed by atoms with van der Waals surface area (Å²) >= 11 is 6.78. The van der Waals surface area contributed by atoms with Crippen LogP contribution in [0.3, 0.4) is 0 Å². The van der Waals surface area contributed by atoms with Crippen LogP contribution in [0.2, 0.25) is 5.02 Å². The fraction of sp³-hybridized carbons (Fsp3) is 0.485. The number of carbonyl (C=O) groups is 2. The standard InChI is InChI=1S/C33H34ClF3N4O4/c1-41(2)30-22(10-16(11-24(30)34)28-23-13-44-14-26(23)45-40-28)32(42)39-29-19-7-6-18(20(19)9-15-3-4-15)27(29)33(43)38-17-5-8-25(35)21(12-17)31(36)37/h5,8-12,15,18-19,23,26-27,29,31H,3-4,6-7,13-14H2,1-2H3,(H,38,43)(H,39,42)/b20-9-/t18-,19+,23?,26?,27-,29+/m0/s1. The molecule has 2 amide bonds. The van der Waals surface area contributed by atoms with Gasteiger partial charge in [0.2, 0.25) is 5.91 Å². The molecule has 2 aromatic carbocycles. The molecule has 45 heavy (non-hydrogen) atoms. The van der Waals surface area contributed by atoms with Crippen LogP contribution >= 0.6 is 11.6 Å². The van der Waals surface area contributed by atoms with Crippen molar-refractivity contribution in [3.05, 3.63) is 69.5 Å². The quantitative estimate of drug-likeness (QED) is 0.347. The van der Waals surface area contributed by atoms with Gasteiger partial charge in [-0.25, -0.2) is 13.2 Å². The van der Waals surface area contributed by atoms with Crippen LogP contribution in [0.4, 0.5) is 24.5 Å². The zero-order valence-electron chi connectivity index (χ0n) is 24.9. The number of anilines is 2. The van der Waals surface area contributed by atoms with E-state index in [2.05, 4.69) is 21.9 Å². The highest BCUT2D eigenvalue weighted by atomic mass is 35.5. The molecule has 2 aliphatic heterocycles. The van der Waals surface area contributed by atoms with Crippen LogP contribution in [0.15, 0.2) is 47.1 Å². The lowest BCUT2D eigenvalue weighted by atomic mass is 9.83. The van der Waals surface area contributed by atoms with Gasteiger partial charge in [0.15, 0.2) is 6.10 Å². The first-order chi connectivity index (χ1) is 21.6. The van der Waals surface area contributed by atoms with Crippen molar-refractivity contribution in [2.45, 2.75) is 44.3 Å². The maximum Gasteiger partial charge on any atom is 0.266 e. The smallest absolute Gasteiger partial charge is 0.266 e. The van der Waals surface area contributed by atoms with Gasteiger partial charge in [-0.15, -0.1) is 0 Å². The van der Waals surface area contributed by atoms with Crippen LogP contribution in [0.5, 0.6) is 0 Å². The maximum absolute atomic E-state index is 14.2. The van der Waals surface area contributed by atoms with Gasteiger partial charge in [0.25, 0.3) is 12.3 Å². The molecule has 8 nitrogen and oxygen atoms in total. The number of nitrogens with zero attached hydrogens (tertiary/aromatic N) is 2. The Morgan fingerprint density at radius 1 is 1.07 bits per heavy atom. The van der Waals surface area contributed by atoms with E-state index in [1.165, 1.54) is 11.6 Å². The molecule has 238 valence electrons. The van der Waals surface area contributed by atoms with Crippen LogP contribution in [0.1, 0.15) is 53.6 Å². The molecule has 6 atom stereocenters. The highest BCUT2D eigenvalue weighted by Crippen LogP contribution is 2.54. The summed E-state index contributed by atoms with van der Waals surface area (Å²) in [6.07, 6.45) is 2.88. The molecule has 1 saturated heterocycles. The summed E-state index contributed by atoms with van der Waals surface area (Å²) in [6, 6.07) is 6.16. The van der Waals surface area contributed by atoms with Gasteiger partial charge in [-0.2, -0.15) is 0 Å². The van der Waals surface area contributed by atoms with Crippen LogP contribution in [-0.4, -0.2) is 57.0 Å². The maximum atomic E-state index is 14.2. The predicted molar refractivity (Wildman–Crippen MR) is 163 cm³/mol. The Bertz CT molecular complexity index is 1610. The Morgan fingerprint density at radius 2 is 1.84 bits per heavy atom. The first-order valence-electron chi connectivity index (χ1n) is 15.3. The molecule has 2 N–H and O–H groups in total. The highest BCUT2D eigenvalue weighted by molar-refractivity contribution is 6.34. The van der Waals surface area contributed by atoms with Gasteiger partial charge >= 0.3 is 0 Å². The number of benzene rings is 2. The molecule has 2 unspecified atom stereocenters. The summed E-state index contributed by atoms with van der Waals surface area (Å²) in [7, 11) is 3.60. The largest absolute Gasteiger partial charge is 0.389 e. The van der Waals surface area contributed by atoms with Crippen molar-refractivity contribution in [1.29, 1.82) is 0 Å². The lowest BCUT2D eigenvalue weighted by Crippen LogP contribution is -2.48. The number of hydrogen-bond donors (Lipinski definition) is 2. The number of rotatable bonds is 8. The van der Waals surface area contributed by atoms with E-state index in [0.29, 0.717) is 46.7 Å². The average Bonchev–Trinajstić information content (AvgIpc) is 3.27. The summed E-state index contributed by atoms with van der Waals surface area (Å²) < 4.78 is 46.3. The molecule has 0 aromatic heterocycles. The van der Waals surface area contributed by atoms with E-state index in [1.54, 1.807) is 31.1 Å². The minimum Gasteiger partial charge on any atom is -0.389 e. The second kappa shape index (κ2) is 11.7. The number of alkyl halides is 2. The molecular weight excluding hydrogens is 609 g/mol. The number of allylic oxidation sites excluding steroid dienone is 1. The molecular formula is C33H34ClF3N4O4. The van der Waals surface area contributed by atoms with Crippen molar-refractivity contribution in [3.8, 4) is 0 Å². The van der Waals surface area contributed by atoms with Crippen molar-refractivity contribution in [3.63, 3.8) is 0 Å². The molecule has 0 radical (unpaired) electrons. The van der Waals surface area contributed by atoms with Crippen molar-refractivity contribution in [2.75, 3.05) is 37.5 Å². The zero-order valence-corrected chi connectivity index (χ0v) is 25.6. The normalized spacial score (nSPS) is 29.1. The predicted octanol–water partition coefficient (Wildman–Crippen LogP) is 5.96.